The molecule has 31 heavy (non-hydrogen) atoms. The van der Waals surface area contributed by atoms with Crippen molar-refractivity contribution in [3.8, 4) is 17.3 Å². The van der Waals surface area contributed by atoms with Gasteiger partial charge in [-0.05, 0) is 68.9 Å². The van der Waals surface area contributed by atoms with Crippen molar-refractivity contribution >= 4 is 0 Å². The molecule has 3 aromatic rings. The molecule has 5 nitrogen and oxygen atoms in total. The Morgan fingerprint density at radius 3 is 2.58 bits per heavy atom. The van der Waals surface area contributed by atoms with E-state index in [-0.39, 0.29) is 6.10 Å². The number of aromatic nitrogens is 2. The molecule has 0 amide bonds. The average molecular weight is 420 g/mol. The Balaban J connectivity index is 1.70. The molecule has 0 saturated heterocycles. The second-order valence-corrected chi connectivity index (χ2v) is 8.73. The topological polar surface area (TPSA) is 50.5 Å². The maximum atomic E-state index is 10.3. The van der Waals surface area contributed by atoms with Gasteiger partial charge in [0.15, 0.2) is 0 Å². The van der Waals surface area contributed by atoms with Gasteiger partial charge in [-0.15, -0.1) is 0 Å². The average Bonchev–Trinajstić information content (AvgIpc) is 3.53. The zero-order valence-corrected chi connectivity index (χ0v) is 18.8. The number of benzene rings is 2. The first-order valence-electron chi connectivity index (χ1n) is 11.3. The number of para-hydroxylation sites is 1. The summed E-state index contributed by atoms with van der Waals surface area (Å²) in [5.41, 5.74) is 4.16. The van der Waals surface area contributed by atoms with Crippen LogP contribution in [0.3, 0.4) is 0 Å². The van der Waals surface area contributed by atoms with Gasteiger partial charge in [-0.3, -0.25) is 4.90 Å². The normalized spacial score (nSPS) is 14.7. The van der Waals surface area contributed by atoms with Crippen LogP contribution in [-0.2, 0) is 6.54 Å². The number of aliphatic hydroxyl groups excluding tert-OH is 1. The first kappa shape index (κ1) is 21.6. The summed E-state index contributed by atoms with van der Waals surface area (Å²) in [6.07, 6.45) is 3.02. The highest BCUT2D eigenvalue weighted by Gasteiger charge is 2.28. The summed E-state index contributed by atoms with van der Waals surface area (Å²) in [5, 5.41) is 15.2. The lowest BCUT2D eigenvalue weighted by Gasteiger charge is -2.25. The minimum Gasteiger partial charge on any atom is -0.439 e. The molecule has 0 radical (unpaired) electrons. The van der Waals surface area contributed by atoms with Gasteiger partial charge in [0, 0.05) is 19.6 Å². The standard InChI is InChI=1S/C26H33N3O2/c1-4-23(30)17-28(16-21-13-14-21)18-25-20(3)27-29(22-10-6-5-7-11-22)26(25)31-24-12-8-9-19(2)15-24/h5-12,15,21,23,30H,4,13-14,16-18H2,1-3H3. The van der Waals surface area contributed by atoms with E-state index >= 15 is 0 Å². The van der Waals surface area contributed by atoms with E-state index in [9.17, 15) is 5.11 Å². The highest BCUT2D eigenvalue weighted by atomic mass is 16.5. The highest BCUT2D eigenvalue weighted by molar-refractivity contribution is 5.43. The molecule has 1 aromatic heterocycles. The van der Waals surface area contributed by atoms with Crippen LogP contribution in [0.1, 0.15) is 43.0 Å². The van der Waals surface area contributed by atoms with Gasteiger partial charge >= 0.3 is 0 Å². The third kappa shape index (κ3) is 5.54. The first-order valence-corrected chi connectivity index (χ1v) is 11.3. The first-order chi connectivity index (χ1) is 15.0. The fourth-order valence-corrected chi connectivity index (χ4v) is 3.88. The molecule has 1 aliphatic carbocycles. The number of hydrogen-bond donors (Lipinski definition) is 1. The lowest BCUT2D eigenvalue weighted by Crippen LogP contribution is -2.33. The fourth-order valence-electron chi connectivity index (χ4n) is 3.88. The van der Waals surface area contributed by atoms with E-state index in [1.807, 2.05) is 67.1 Å². The highest BCUT2D eigenvalue weighted by Crippen LogP contribution is 2.34. The van der Waals surface area contributed by atoms with E-state index in [2.05, 4.69) is 17.9 Å². The van der Waals surface area contributed by atoms with E-state index in [0.717, 1.165) is 53.0 Å². The van der Waals surface area contributed by atoms with Crippen LogP contribution in [0.5, 0.6) is 11.6 Å². The molecule has 1 atom stereocenters. The molecule has 0 spiro atoms. The summed E-state index contributed by atoms with van der Waals surface area (Å²) in [5.74, 6) is 2.30. The lowest BCUT2D eigenvalue weighted by atomic mass is 10.2. The van der Waals surface area contributed by atoms with Crippen LogP contribution < -0.4 is 4.74 Å². The van der Waals surface area contributed by atoms with Crippen molar-refractivity contribution in [1.29, 1.82) is 0 Å². The molecule has 1 fully saturated rings. The van der Waals surface area contributed by atoms with Crippen molar-refractivity contribution < 1.29 is 9.84 Å². The molecule has 4 rings (SSSR count). The van der Waals surface area contributed by atoms with Crippen LogP contribution >= 0.6 is 0 Å². The maximum Gasteiger partial charge on any atom is 0.227 e. The van der Waals surface area contributed by atoms with Gasteiger partial charge in [-0.1, -0.05) is 37.3 Å². The molecule has 1 N–H and O–H groups in total. The summed E-state index contributed by atoms with van der Waals surface area (Å²) in [6, 6.07) is 18.2. The second-order valence-electron chi connectivity index (χ2n) is 8.73. The van der Waals surface area contributed by atoms with E-state index in [1.54, 1.807) is 0 Å². The minimum atomic E-state index is -0.315. The SMILES string of the molecule is CCC(O)CN(Cc1c(C)nn(-c2ccccc2)c1Oc1cccc(C)c1)CC1CC1. The van der Waals surface area contributed by atoms with Gasteiger partial charge in [0.2, 0.25) is 5.88 Å². The maximum absolute atomic E-state index is 10.3. The third-order valence-electron chi connectivity index (χ3n) is 5.88. The van der Waals surface area contributed by atoms with E-state index < -0.39 is 0 Å². The Labute approximate surface area is 185 Å². The molecule has 1 heterocycles. The van der Waals surface area contributed by atoms with Crippen molar-refractivity contribution in [3.05, 3.63) is 71.4 Å². The quantitative estimate of drug-likeness (QED) is 0.487. The Morgan fingerprint density at radius 1 is 1.13 bits per heavy atom. The Morgan fingerprint density at radius 2 is 1.90 bits per heavy atom. The number of rotatable bonds is 10. The Kier molecular flexibility index (Phi) is 6.73. The van der Waals surface area contributed by atoms with Crippen molar-refractivity contribution in [2.75, 3.05) is 13.1 Å². The Bertz CT molecular complexity index is 995. The lowest BCUT2D eigenvalue weighted by molar-refractivity contribution is 0.102. The number of aliphatic hydroxyl groups is 1. The number of hydrogen-bond acceptors (Lipinski definition) is 4. The zero-order chi connectivity index (χ0) is 21.8. The van der Waals surface area contributed by atoms with Crippen LogP contribution in [0.2, 0.25) is 0 Å². The number of ether oxygens (including phenoxy) is 1. The summed E-state index contributed by atoms with van der Waals surface area (Å²) in [7, 11) is 0. The fraction of sp³-hybridized carbons (Fsp3) is 0.423. The van der Waals surface area contributed by atoms with Crippen molar-refractivity contribution in [2.24, 2.45) is 5.92 Å². The molecule has 2 aromatic carbocycles. The van der Waals surface area contributed by atoms with Crippen molar-refractivity contribution in [3.63, 3.8) is 0 Å². The molecule has 0 bridgehead atoms. The molecule has 1 aliphatic rings. The predicted octanol–water partition coefficient (Wildman–Crippen LogP) is 5.26. The van der Waals surface area contributed by atoms with Gasteiger partial charge in [0.05, 0.1) is 23.0 Å². The summed E-state index contributed by atoms with van der Waals surface area (Å²) < 4.78 is 8.36. The minimum absolute atomic E-state index is 0.315. The second kappa shape index (κ2) is 9.67. The summed E-state index contributed by atoms with van der Waals surface area (Å²) >= 11 is 0. The largest absolute Gasteiger partial charge is 0.439 e. The number of nitrogens with zero attached hydrogens (tertiary/aromatic N) is 3. The molecule has 1 unspecified atom stereocenters. The summed E-state index contributed by atoms with van der Waals surface area (Å²) in [6.45, 7) is 8.54. The van der Waals surface area contributed by atoms with E-state index in [4.69, 9.17) is 9.84 Å². The van der Waals surface area contributed by atoms with Gasteiger partial charge < -0.3 is 9.84 Å². The van der Waals surface area contributed by atoms with E-state index in [0.29, 0.717) is 13.1 Å². The molecular weight excluding hydrogens is 386 g/mol. The zero-order valence-electron chi connectivity index (χ0n) is 18.8. The van der Waals surface area contributed by atoms with Gasteiger partial charge in [-0.2, -0.15) is 5.10 Å². The summed E-state index contributed by atoms with van der Waals surface area (Å²) in [4.78, 5) is 2.37. The van der Waals surface area contributed by atoms with Gasteiger partial charge in [0.25, 0.3) is 0 Å². The molecular formula is C26H33N3O2. The molecule has 1 saturated carbocycles. The number of aryl methyl sites for hydroxylation is 2. The van der Waals surface area contributed by atoms with Crippen LogP contribution in [0.25, 0.3) is 5.69 Å². The monoisotopic (exact) mass is 419 g/mol. The molecule has 164 valence electrons. The third-order valence-corrected chi connectivity index (χ3v) is 5.88. The van der Waals surface area contributed by atoms with Crippen LogP contribution in [0.4, 0.5) is 0 Å². The van der Waals surface area contributed by atoms with Crippen molar-refractivity contribution in [2.45, 2.75) is 52.7 Å². The van der Waals surface area contributed by atoms with Crippen LogP contribution in [0.15, 0.2) is 54.6 Å². The smallest absolute Gasteiger partial charge is 0.227 e. The predicted molar refractivity (Wildman–Crippen MR) is 124 cm³/mol. The van der Waals surface area contributed by atoms with Crippen LogP contribution in [0, 0.1) is 19.8 Å². The van der Waals surface area contributed by atoms with Gasteiger partial charge in [-0.25, -0.2) is 4.68 Å². The van der Waals surface area contributed by atoms with Crippen molar-refractivity contribution in [1.82, 2.24) is 14.7 Å². The van der Waals surface area contributed by atoms with E-state index in [1.165, 1.54) is 12.8 Å². The van der Waals surface area contributed by atoms with Crippen LogP contribution in [-0.4, -0.2) is 39.0 Å². The molecule has 0 aliphatic heterocycles. The van der Waals surface area contributed by atoms with Gasteiger partial charge in [0.1, 0.15) is 5.75 Å². The Hall–Kier alpha value is -2.63. The molecule has 5 heteroatoms.